The maximum Gasteiger partial charge on any atom is 0.312 e. The minimum absolute atomic E-state index is 0.0556. The van der Waals surface area contributed by atoms with Crippen molar-refractivity contribution in [3.05, 3.63) is 83.9 Å². The van der Waals surface area contributed by atoms with E-state index in [2.05, 4.69) is 0 Å². The summed E-state index contributed by atoms with van der Waals surface area (Å²) in [4.78, 5) is 27.9. The van der Waals surface area contributed by atoms with Crippen LogP contribution in [0.15, 0.2) is 72.8 Å². The number of carbonyl (C=O) groups excluding carboxylic acids is 2. The van der Waals surface area contributed by atoms with E-state index in [0.717, 1.165) is 11.1 Å². The molecule has 0 unspecified atom stereocenters. The predicted molar refractivity (Wildman–Crippen MR) is 102 cm³/mol. The molecule has 2 fully saturated rings. The summed E-state index contributed by atoms with van der Waals surface area (Å²) in [6.07, 6.45) is 3.48. The average molecular weight is 375 g/mol. The van der Waals surface area contributed by atoms with Gasteiger partial charge in [-0.1, -0.05) is 72.8 Å². The molecule has 1 spiro atoms. The molecule has 2 saturated heterocycles. The van der Waals surface area contributed by atoms with Crippen LogP contribution >= 0.6 is 0 Å². The largest absolute Gasteiger partial charge is 0.469 e. The van der Waals surface area contributed by atoms with Gasteiger partial charge in [-0.25, -0.2) is 0 Å². The number of carbonyl (C=O) groups is 2. The Bertz CT molecular complexity index is 902. The van der Waals surface area contributed by atoms with Gasteiger partial charge < -0.3 is 14.4 Å². The summed E-state index contributed by atoms with van der Waals surface area (Å²) in [5.74, 6) is -1.56. The SMILES string of the molecule is COC(=O)[C@@H]1[C@@H]2C=C[C@]3(CN(C(c4ccccc4)c4ccccc4)C(=O)[C@H]13)O2. The summed E-state index contributed by atoms with van der Waals surface area (Å²) >= 11 is 0. The quantitative estimate of drug-likeness (QED) is 0.609. The van der Waals surface area contributed by atoms with Crippen LogP contribution in [-0.4, -0.2) is 42.1 Å². The minimum Gasteiger partial charge on any atom is -0.469 e. The number of amides is 1. The average Bonchev–Trinajstić information content (AvgIpc) is 3.38. The number of likely N-dealkylation sites (tertiary alicyclic amines) is 1. The van der Waals surface area contributed by atoms with Crippen molar-refractivity contribution in [3.63, 3.8) is 0 Å². The van der Waals surface area contributed by atoms with Crippen molar-refractivity contribution in [3.8, 4) is 0 Å². The van der Waals surface area contributed by atoms with Crippen LogP contribution in [0.3, 0.4) is 0 Å². The molecule has 5 heteroatoms. The van der Waals surface area contributed by atoms with E-state index in [4.69, 9.17) is 9.47 Å². The summed E-state index contributed by atoms with van der Waals surface area (Å²) in [5.41, 5.74) is 1.32. The topological polar surface area (TPSA) is 55.8 Å². The van der Waals surface area contributed by atoms with Gasteiger partial charge in [0.1, 0.15) is 11.5 Å². The van der Waals surface area contributed by atoms with Crippen molar-refractivity contribution in [1.82, 2.24) is 4.90 Å². The molecule has 0 aromatic heterocycles. The maximum absolute atomic E-state index is 13.6. The summed E-state index contributed by atoms with van der Waals surface area (Å²) in [7, 11) is 1.36. The van der Waals surface area contributed by atoms with Crippen LogP contribution in [0.25, 0.3) is 0 Å². The first-order valence-electron chi connectivity index (χ1n) is 9.50. The number of benzene rings is 2. The smallest absolute Gasteiger partial charge is 0.312 e. The molecule has 0 aliphatic carbocycles. The molecule has 0 radical (unpaired) electrons. The fraction of sp³-hybridized carbons (Fsp3) is 0.304. The highest BCUT2D eigenvalue weighted by Gasteiger charge is 2.68. The number of nitrogens with zero attached hydrogens (tertiary/aromatic N) is 1. The van der Waals surface area contributed by atoms with Crippen LogP contribution in [0.1, 0.15) is 17.2 Å². The summed E-state index contributed by atoms with van der Waals surface area (Å²) in [5, 5.41) is 0. The van der Waals surface area contributed by atoms with Crippen LogP contribution in [0.2, 0.25) is 0 Å². The van der Waals surface area contributed by atoms with E-state index < -0.39 is 17.4 Å². The molecule has 5 nitrogen and oxygen atoms in total. The first-order valence-corrected chi connectivity index (χ1v) is 9.50. The summed E-state index contributed by atoms with van der Waals surface area (Å²) in [6.45, 7) is 0.422. The Morgan fingerprint density at radius 2 is 1.71 bits per heavy atom. The van der Waals surface area contributed by atoms with Gasteiger partial charge in [-0.3, -0.25) is 9.59 Å². The standard InChI is InChI=1S/C23H21NO4/c1-27-22(26)18-17-12-13-23(28-17)14-24(21(25)19(18)23)20(15-8-4-2-5-9-15)16-10-6-3-7-11-16/h2-13,17-20H,14H2,1H3/t17-,18+,19-,23+/m0/s1. The second-order valence-electron chi connectivity index (χ2n) is 7.61. The molecule has 2 bridgehead atoms. The highest BCUT2D eigenvalue weighted by molar-refractivity contribution is 5.91. The first-order chi connectivity index (χ1) is 13.6. The lowest BCUT2D eigenvalue weighted by Gasteiger charge is -2.31. The molecule has 2 aromatic rings. The number of rotatable bonds is 4. The number of hydrogen-bond acceptors (Lipinski definition) is 4. The first kappa shape index (κ1) is 17.2. The zero-order valence-electron chi connectivity index (χ0n) is 15.5. The summed E-state index contributed by atoms with van der Waals surface area (Å²) in [6, 6.07) is 19.7. The van der Waals surface area contributed by atoms with Gasteiger partial charge in [0, 0.05) is 0 Å². The number of hydrogen-bond donors (Lipinski definition) is 0. The molecule has 28 heavy (non-hydrogen) atoms. The lowest BCUT2D eigenvalue weighted by atomic mass is 9.77. The van der Waals surface area contributed by atoms with Crippen molar-refractivity contribution < 1.29 is 19.1 Å². The van der Waals surface area contributed by atoms with Gasteiger partial charge in [-0.2, -0.15) is 0 Å². The molecule has 2 aromatic carbocycles. The van der Waals surface area contributed by atoms with Crippen LogP contribution in [0, 0.1) is 11.8 Å². The van der Waals surface area contributed by atoms with Crippen molar-refractivity contribution in [2.75, 3.05) is 13.7 Å². The molecule has 1 amide bonds. The maximum atomic E-state index is 13.6. The highest BCUT2D eigenvalue weighted by Crippen LogP contribution is 2.54. The third kappa shape index (κ3) is 2.36. The molecular formula is C23H21NO4. The van der Waals surface area contributed by atoms with Crippen molar-refractivity contribution >= 4 is 11.9 Å². The molecular weight excluding hydrogens is 354 g/mol. The van der Waals surface area contributed by atoms with Crippen LogP contribution in [0.5, 0.6) is 0 Å². The molecule has 0 N–H and O–H groups in total. The third-order valence-corrected chi connectivity index (χ3v) is 6.15. The number of esters is 1. The molecule has 4 atom stereocenters. The van der Waals surface area contributed by atoms with E-state index >= 15 is 0 Å². The Kier molecular flexibility index (Phi) is 3.88. The van der Waals surface area contributed by atoms with E-state index in [0.29, 0.717) is 6.54 Å². The Labute approximate surface area is 163 Å². The van der Waals surface area contributed by atoms with E-state index in [9.17, 15) is 9.59 Å². The molecule has 3 aliphatic heterocycles. The Balaban J connectivity index is 1.58. The molecule has 3 heterocycles. The lowest BCUT2D eigenvalue weighted by molar-refractivity contribution is -0.151. The van der Waals surface area contributed by atoms with Crippen LogP contribution in [0.4, 0.5) is 0 Å². The zero-order chi connectivity index (χ0) is 19.3. The second kappa shape index (κ2) is 6.31. The van der Waals surface area contributed by atoms with Gasteiger partial charge in [0.25, 0.3) is 0 Å². The normalized spacial score (nSPS) is 30.1. The molecule has 0 saturated carbocycles. The van der Waals surface area contributed by atoms with E-state index in [1.165, 1.54) is 7.11 Å². The fourth-order valence-corrected chi connectivity index (χ4v) is 4.97. The number of methoxy groups -OCH3 is 1. The monoisotopic (exact) mass is 375 g/mol. The van der Waals surface area contributed by atoms with Crippen molar-refractivity contribution in [1.29, 1.82) is 0 Å². The molecule has 3 aliphatic rings. The van der Waals surface area contributed by atoms with Gasteiger partial charge in [0.15, 0.2) is 0 Å². The second-order valence-corrected chi connectivity index (χ2v) is 7.61. The highest BCUT2D eigenvalue weighted by atomic mass is 16.5. The third-order valence-electron chi connectivity index (χ3n) is 6.15. The Hall–Kier alpha value is -2.92. The van der Waals surface area contributed by atoms with Crippen molar-refractivity contribution in [2.24, 2.45) is 11.8 Å². The minimum atomic E-state index is -0.748. The Morgan fingerprint density at radius 3 is 2.29 bits per heavy atom. The van der Waals surface area contributed by atoms with Gasteiger partial charge in [-0.15, -0.1) is 0 Å². The predicted octanol–water partition coefficient (Wildman–Crippen LogP) is 2.73. The van der Waals surface area contributed by atoms with Gasteiger partial charge in [0.2, 0.25) is 5.91 Å². The fourth-order valence-electron chi connectivity index (χ4n) is 4.97. The van der Waals surface area contributed by atoms with E-state index in [1.54, 1.807) is 0 Å². The molecule has 5 rings (SSSR count). The Morgan fingerprint density at radius 1 is 1.11 bits per heavy atom. The van der Waals surface area contributed by atoms with Gasteiger partial charge in [0.05, 0.1) is 31.7 Å². The van der Waals surface area contributed by atoms with Crippen molar-refractivity contribution in [2.45, 2.75) is 17.7 Å². The summed E-state index contributed by atoms with van der Waals surface area (Å²) < 4.78 is 11.1. The zero-order valence-corrected chi connectivity index (χ0v) is 15.5. The number of ether oxygens (including phenoxy) is 2. The lowest BCUT2D eigenvalue weighted by Crippen LogP contribution is -2.40. The van der Waals surface area contributed by atoms with E-state index in [-0.39, 0.29) is 24.0 Å². The molecule has 142 valence electrons. The number of fused-ring (bicyclic) bond motifs is 1. The van der Waals surface area contributed by atoms with Crippen LogP contribution < -0.4 is 0 Å². The van der Waals surface area contributed by atoms with Crippen LogP contribution in [-0.2, 0) is 19.1 Å². The van der Waals surface area contributed by atoms with Gasteiger partial charge in [-0.05, 0) is 11.1 Å². The van der Waals surface area contributed by atoms with E-state index in [1.807, 2.05) is 77.7 Å². The van der Waals surface area contributed by atoms with Gasteiger partial charge >= 0.3 is 5.97 Å².